The summed E-state index contributed by atoms with van der Waals surface area (Å²) in [7, 11) is 0. The van der Waals surface area contributed by atoms with Crippen molar-refractivity contribution in [1.82, 2.24) is 0 Å². The third-order valence-corrected chi connectivity index (χ3v) is 1.92. The molecule has 0 aliphatic rings. The number of ether oxygens (including phenoxy) is 2. The summed E-state index contributed by atoms with van der Waals surface area (Å²) in [4.78, 5) is 22.4. The van der Waals surface area contributed by atoms with Crippen LogP contribution in [-0.4, -0.2) is 18.5 Å². The average Bonchev–Trinajstić information content (AvgIpc) is 2.82. The van der Waals surface area contributed by atoms with Gasteiger partial charge in [-0.2, -0.15) is 0 Å². The smallest absolute Gasteiger partial charge is 0.338 e. The Morgan fingerprint density at radius 1 is 1.50 bits per heavy atom. The summed E-state index contributed by atoms with van der Waals surface area (Å²) in [6.45, 7) is 5.53. The molecule has 1 aromatic heterocycles. The van der Waals surface area contributed by atoms with Crippen LogP contribution in [0, 0.1) is 0 Å². The number of carbonyl (C=O) groups is 2. The van der Waals surface area contributed by atoms with E-state index in [0.717, 1.165) is 12.3 Å². The van der Waals surface area contributed by atoms with Crippen LogP contribution in [-0.2, 0) is 25.5 Å². The lowest BCUT2D eigenvalue weighted by Gasteiger charge is -2.01. The number of hydrogen-bond donors (Lipinski definition) is 0. The van der Waals surface area contributed by atoms with E-state index in [1.54, 1.807) is 19.1 Å². The molecule has 0 aliphatic heterocycles. The second kappa shape index (κ2) is 7.11. The van der Waals surface area contributed by atoms with Crippen molar-refractivity contribution < 1.29 is 23.5 Å². The van der Waals surface area contributed by atoms with Gasteiger partial charge in [0.05, 0.1) is 18.9 Å². The highest BCUT2D eigenvalue weighted by atomic mass is 16.5. The van der Waals surface area contributed by atoms with Crippen molar-refractivity contribution in [2.45, 2.75) is 13.3 Å². The first-order valence-corrected chi connectivity index (χ1v) is 5.38. The highest BCUT2D eigenvalue weighted by Gasteiger charge is 2.09. The van der Waals surface area contributed by atoms with Gasteiger partial charge in [0.2, 0.25) is 0 Å². The number of carbonyl (C=O) groups excluding carboxylic acids is 2. The summed E-state index contributed by atoms with van der Waals surface area (Å²) in [5.41, 5.74) is 0.235. The van der Waals surface area contributed by atoms with Gasteiger partial charge in [-0.05, 0) is 19.1 Å². The zero-order chi connectivity index (χ0) is 13.4. The number of rotatable bonds is 6. The van der Waals surface area contributed by atoms with Crippen LogP contribution in [0.1, 0.15) is 12.7 Å². The molecule has 0 N–H and O–H groups in total. The van der Waals surface area contributed by atoms with E-state index in [1.807, 2.05) is 0 Å². The molecule has 1 aromatic rings. The summed E-state index contributed by atoms with van der Waals surface area (Å²) in [6, 6.07) is 3.45. The van der Waals surface area contributed by atoms with Crippen LogP contribution < -0.4 is 0 Å². The maximum absolute atomic E-state index is 11.4. The van der Waals surface area contributed by atoms with E-state index in [2.05, 4.69) is 11.3 Å². The monoisotopic (exact) mass is 250 g/mol. The normalized spacial score (nSPS) is 10.3. The third-order valence-electron chi connectivity index (χ3n) is 1.92. The topological polar surface area (TPSA) is 65.7 Å². The molecular formula is C13H14O5. The van der Waals surface area contributed by atoms with Crippen molar-refractivity contribution in [2.75, 3.05) is 6.61 Å². The summed E-state index contributed by atoms with van der Waals surface area (Å²) < 4.78 is 14.4. The number of esters is 2. The van der Waals surface area contributed by atoms with Crippen LogP contribution in [0.4, 0.5) is 0 Å². The zero-order valence-electron chi connectivity index (χ0n) is 10.0. The minimum atomic E-state index is -0.619. The average molecular weight is 250 g/mol. The highest BCUT2D eigenvalue weighted by molar-refractivity contribution is 5.89. The van der Waals surface area contributed by atoms with Crippen LogP contribution in [0.5, 0.6) is 0 Å². The first-order valence-electron chi connectivity index (χ1n) is 5.38. The molecular weight excluding hydrogens is 236 g/mol. The summed E-state index contributed by atoms with van der Waals surface area (Å²) in [6.07, 6.45) is 3.78. The van der Waals surface area contributed by atoms with Crippen molar-refractivity contribution in [3.63, 3.8) is 0 Å². The Kier molecular flexibility index (Phi) is 5.44. The van der Waals surface area contributed by atoms with E-state index in [-0.39, 0.29) is 18.6 Å². The van der Waals surface area contributed by atoms with Gasteiger partial charge in [0.25, 0.3) is 0 Å². The quantitative estimate of drug-likeness (QED) is 0.439. The number of hydrogen-bond acceptors (Lipinski definition) is 5. The molecule has 0 saturated heterocycles. The molecule has 96 valence electrons. The Morgan fingerprint density at radius 3 is 2.89 bits per heavy atom. The van der Waals surface area contributed by atoms with Crippen LogP contribution in [0.2, 0.25) is 0 Å². The Bertz CT molecular complexity index is 442. The van der Waals surface area contributed by atoms with Crippen molar-refractivity contribution in [3.05, 3.63) is 48.6 Å². The van der Waals surface area contributed by atoms with Crippen molar-refractivity contribution in [3.8, 4) is 0 Å². The van der Waals surface area contributed by atoms with E-state index in [9.17, 15) is 9.59 Å². The van der Waals surface area contributed by atoms with Gasteiger partial charge in [0, 0.05) is 12.0 Å². The van der Waals surface area contributed by atoms with E-state index >= 15 is 0 Å². The first kappa shape index (κ1) is 13.8. The molecule has 1 rings (SSSR count). The lowest BCUT2D eigenvalue weighted by molar-refractivity contribution is -0.137. The molecule has 18 heavy (non-hydrogen) atoms. The number of furan rings is 1. The lowest BCUT2D eigenvalue weighted by atomic mass is 10.2. The van der Waals surface area contributed by atoms with E-state index in [4.69, 9.17) is 9.15 Å². The fourth-order valence-corrected chi connectivity index (χ4v) is 1.12. The minimum Gasteiger partial charge on any atom is -0.469 e. The van der Waals surface area contributed by atoms with Crippen LogP contribution in [0.15, 0.2) is 47.3 Å². The van der Waals surface area contributed by atoms with Crippen molar-refractivity contribution in [1.29, 1.82) is 0 Å². The maximum atomic E-state index is 11.4. The molecule has 5 heteroatoms. The van der Waals surface area contributed by atoms with Gasteiger partial charge in [0.15, 0.2) is 0 Å². The molecule has 0 aromatic carbocycles. The third kappa shape index (κ3) is 4.69. The van der Waals surface area contributed by atoms with E-state index in [1.165, 1.54) is 6.26 Å². The zero-order valence-corrected chi connectivity index (χ0v) is 10.0. The van der Waals surface area contributed by atoms with Gasteiger partial charge in [0.1, 0.15) is 12.0 Å². The predicted molar refractivity (Wildman–Crippen MR) is 63.4 cm³/mol. The Morgan fingerprint density at radius 2 is 2.28 bits per heavy atom. The Labute approximate surface area is 105 Å². The van der Waals surface area contributed by atoms with Crippen molar-refractivity contribution >= 4 is 11.9 Å². The second-order valence-electron chi connectivity index (χ2n) is 3.32. The fraction of sp³-hybridized carbons (Fsp3) is 0.231. The molecule has 0 fully saturated rings. The molecule has 0 unspecified atom stereocenters. The molecule has 0 aliphatic carbocycles. The van der Waals surface area contributed by atoms with Crippen molar-refractivity contribution in [2.24, 2.45) is 0 Å². The fourth-order valence-electron chi connectivity index (χ4n) is 1.12. The SMILES string of the molecule is C=C(Cc1ccco1)C(=O)O/C=C/C(=O)OCC. The molecule has 5 nitrogen and oxygen atoms in total. The van der Waals surface area contributed by atoms with Crippen LogP contribution in [0.25, 0.3) is 0 Å². The molecule has 0 atom stereocenters. The lowest BCUT2D eigenvalue weighted by Crippen LogP contribution is -2.06. The van der Waals surface area contributed by atoms with Crippen LogP contribution >= 0.6 is 0 Å². The van der Waals surface area contributed by atoms with E-state index < -0.39 is 11.9 Å². The summed E-state index contributed by atoms with van der Waals surface area (Å²) in [5, 5.41) is 0. The van der Waals surface area contributed by atoms with E-state index in [0.29, 0.717) is 5.76 Å². The molecule has 0 radical (unpaired) electrons. The van der Waals surface area contributed by atoms with Gasteiger partial charge in [-0.3, -0.25) is 0 Å². The summed E-state index contributed by atoms with van der Waals surface area (Å²) in [5.74, 6) is -0.569. The molecule has 0 spiro atoms. The van der Waals surface area contributed by atoms with Gasteiger partial charge >= 0.3 is 11.9 Å². The molecule has 0 bridgehead atoms. The predicted octanol–water partition coefficient (Wildman–Crippen LogP) is 2.00. The first-order chi connectivity index (χ1) is 8.63. The molecule has 1 heterocycles. The van der Waals surface area contributed by atoms with Crippen LogP contribution in [0.3, 0.4) is 0 Å². The standard InChI is InChI=1S/C13H14O5/c1-3-16-12(14)6-8-18-13(15)10(2)9-11-5-4-7-17-11/h4-8H,2-3,9H2,1H3/b8-6+. The maximum Gasteiger partial charge on any atom is 0.338 e. The molecule has 0 saturated carbocycles. The van der Waals surface area contributed by atoms with Gasteiger partial charge in [-0.1, -0.05) is 6.58 Å². The van der Waals surface area contributed by atoms with Gasteiger partial charge in [-0.25, -0.2) is 9.59 Å². The van der Waals surface area contributed by atoms with Gasteiger partial charge in [-0.15, -0.1) is 0 Å². The Hall–Kier alpha value is -2.30. The highest BCUT2D eigenvalue weighted by Crippen LogP contribution is 2.08. The second-order valence-corrected chi connectivity index (χ2v) is 3.32. The minimum absolute atomic E-state index is 0.235. The van der Waals surface area contributed by atoms with Gasteiger partial charge < -0.3 is 13.9 Å². The Balaban J connectivity index is 2.36. The largest absolute Gasteiger partial charge is 0.469 e. The summed E-state index contributed by atoms with van der Waals surface area (Å²) >= 11 is 0. The molecule has 0 amide bonds.